The molecule has 0 bridgehead atoms. The summed E-state index contributed by atoms with van der Waals surface area (Å²) in [7, 11) is -2.94. The molecule has 0 spiro atoms. The molecule has 6 heteroatoms. The second kappa shape index (κ2) is 6.33. The van der Waals surface area contributed by atoms with Crippen molar-refractivity contribution >= 4 is 9.84 Å². The van der Waals surface area contributed by atoms with Gasteiger partial charge < -0.3 is 9.88 Å². The molecule has 0 unspecified atom stereocenters. The van der Waals surface area contributed by atoms with Crippen LogP contribution in [0.5, 0.6) is 0 Å². The van der Waals surface area contributed by atoms with E-state index in [0.717, 1.165) is 24.6 Å². The summed E-state index contributed by atoms with van der Waals surface area (Å²) < 4.78 is 24.4. The van der Waals surface area contributed by atoms with Crippen LogP contribution < -0.4 is 5.32 Å². The van der Waals surface area contributed by atoms with Crippen molar-refractivity contribution in [2.75, 3.05) is 18.6 Å². The lowest BCUT2D eigenvalue weighted by molar-refractivity contribution is 0.534. The van der Waals surface area contributed by atoms with E-state index in [4.69, 9.17) is 0 Å². The highest BCUT2D eigenvalue weighted by atomic mass is 32.2. The molecule has 1 rings (SSSR count). The van der Waals surface area contributed by atoms with Crippen LogP contribution in [0.25, 0.3) is 0 Å². The minimum atomic E-state index is -2.94. The van der Waals surface area contributed by atoms with E-state index < -0.39 is 9.84 Å². The average Bonchev–Trinajstić information content (AvgIpc) is 2.55. The molecule has 1 aromatic rings. The highest BCUT2D eigenvalue weighted by Crippen LogP contribution is 2.05. The number of aromatic nitrogens is 2. The Morgan fingerprint density at radius 1 is 1.44 bits per heavy atom. The quantitative estimate of drug-likeness (QED) is 0.804. The van der Waals surface area contributed by atoms with Gasteiger partial charge in [0.25, 0.3) is 0 Å². The van der Waals surface area contributed by atoms with E-state index in [2.05, 4.69) is 24.1 Å². The number of nitrogens with zero attached hydrogens (tertiary/aromatic N) is 2. The zero-order chi connectivity index (χ0) is 13.8. The monoisotopic (exact) mass is 273 g/mol. The van der Waals surface area contributed by atoms with E-state index in [1.165, 1.54) is 6.26 Å². The van der Waals surface area contributed by atoms with Gasteiger partial charge in [0.05, 0.1) is 11.4 Å². The third kappa shape index (κ3) is 5.18. The molecule has 0 aliphatic heterocycles. The van der Waals surface area contributed by atoms with Gasteiger partial charge in [0.15, 0.2) is 0 Å². The van der Waals surface area contributed by atoms with E-state index in [-0.39, 0.29) is 5.75 Å². The summed E-state index contributed by atoms with van der Waals surface area (Å²) in [5, 5.41) is 3.34. The first-order chi connectivity index (χ1) is 8.29. The molecule has 1 N–H and O–H groups in total. The highest BCUT2D eigenvalue weighted by molar-refractivity contribution is 7.90. The number of hydrogen-bond acceptors (Lipinski definition) is 4. The Balaban J connectivity index is 2.63. The standard InChI is InChI=1S/C12H23N3O2S/c1-10(2)7-13-8-12-9-14-11(3)15(12)5-6-18(4,16)17/h9-10,13H,5-8H2,1-4H3. The maximum absolute atomic E-state index is 11.2. The maximum Gasteiger partial charge on any atom is 0.149 e. The van der Waals surface area contributed by atoms with Crippen molar-refractivity contribution in [1.82, 2.24) is 14.9 Å². The first kappa shape index (κ1) is 15.2. The predicted molar refractivity (Wildman–Crippen MR) is 73.2 cm³/mol. The van der Waals surface area contributed by atoms with E-state index in [1.807, 2.05) is 17.7 Å². The minimum Gasteiger partial charge on any atom is -0.330 e. The third-order valence-electron chi connectivity index (χ3n) is 2.68. The molecule has 0 aromatic carbocycles. The van der Waals surface area contributed by atoms with Crippen LogP contribution in [0, 0.1) is 12.8 Å². The Labute approximate surface area is 110 Å². The fourth-order valence-corrected chi connectivity index (χ4v) is 2.22. The smallest absolute Gasteiger partial charge is 0.149 e. The highest BCUT2D eigenvalue weighted by Gasteiger charge is 2.09. The van der Waals surface area contributed by atoms with Gasteiger partial charge in [0.2, 0.25) is 0 Å². The summed E-state index contributed by atoms with van der Waals surface area (Å²) in [5.41, 5.74) is 1.04. The summed E-state index contributed by atoms with van der Waals surface area (Å²) in [6.07, 6.45) is 3.07. The van der Waals surface area contributed by atoms with Crippen LogP contribution in [0.4, 0.5) is 0 Å². The van der Waals surface area contributed by atoms with Gasteiger partial charge in [-0.15, -0.1) is 0 Å². The SMILES string of the molecule is Cc1ncc(CNCC(C)C)n1CCS(C)(=O)=O. The number of imidazole rings is 1. The lowest BCUT2D eigenvalue weighted by atomic mass is 10.2. The lowest BCUT2D eigenvalue weighted by Gasteiger charge is -2.11. The van der Waals surface area contributed by atoms with E-state index in [9.17, 15) is 8.42 Å². The Bertz CT molecular complexity index is 478. The minimum absolute atomic E-state index is 0.154. The molecule has 0 saturated carbocycles. The topological polar surface area (TPSA) is 64.0 Å². The third-order valence-corrected chi connectivity index (χ3v) is 3.61. The van der Waals surface area contributed by atoms with E-state index in [0.29, 0.717) is 12.5 Å². The van der Waals surface area contributed by atoms with Crippen molar-refractivity contribution in [2.24, 2.45) is 5.92 Å². The summed E-state index contributed by atoms with van der Waals surface area (Å²) in [6, 6.07) is 0. The van der Waals surface area contributed by atoms with Crippen LogP contribution in [0.2, 0.25) is 0 Å². The Hall–Kier alpha value is -0.880. The normalized spacial score (nSPS) is 12.3. The molecular formula is C12H23N3O2S. The van der Waals surface area contributed by atoms with Crippen molar-refractivity contribution < 1.29 is 8.42 Å². The lowest BCUT2D eigenvalue weighted by Crippen LogP contribution is -2.22. The van der Waals surface area contributed by atoms with Crippen molar-refractivity contribution in [3.05, 3.63) is 17.7 Å². The van der Waals surface area contributed by atoms with Crippen molar-refractivity contribution in [3.8, 4) is 0 Å². The van der Waals surface area contributed by atoms with Gasteiger partial charge in [-0.3, -0.25) is 0 Å². The number of nitrogens with one attached hydrogen (secondary N) is 1. The molecule has 0 aliphatic carbocycles. The summed E-state index contributed by atoms with van der Waals surface area (Å²) in [5.74, 6) is 1.61. The molecule has 0 amide bonds. The number of rotatable bonds is 7. The van der Waals surface area contributed by atoms with Gasteiger partial charge in [-0.05, 0) is 19.4 Å². The second-order valence-electron chi connectivity index (χ2n) is 5.10. The van der Waals surface area contributed by atoms with Gasteiger partial charge in [-0.25, -0.2) is 13.4 Å². The summed E-state index contributed by atoms with van der Waals surface area (Å²) in [6.45, 7) is 8.34. The van der Waals surface area contributed by atoms with Crippen LogP contribution >= 0.6 is 0 Å². The number of hydrogen-bond donors (Lipinski definition) is 1. The Morgan fingerprint density at radius 3 is 2.67 bits per heavy atom. The largest absolute Gasteiger partial charge is 0.330 e. The van der Waals surface area contributed by atoms with Crippen LogP contribution in [-0.4, -0.2) is 36.5 Å². The second-order valence-corrected chi connectivity index (χ2v) is 7.36. The van der Waals surface area contributed by atoms with Crippen molar-refractivity contribution in [1.29, 1.82) is 0 Å². The predicted octanol–water partition coefficient (Wildman–Crippen LogP) is 0.982. The maximum atomic E-state index is 11.2. The molecule has 0 aliphatic rings. The first-order valence-corrected chi connectivity index (χ1v) is 8.25. The Morgan fingerprint density at radius 2 is 2.11 bits per heavy atom. The first-order valence-electron chi connectivity index (χ1n) is 6.19. The Kier molecular flexibility index (Phi) is 5.34. The molecule has 5 nitrogen and oxygen atoms in total. The molecule has 18 heavy (non-hydrogen) atoms. The van der Waals surface area contributed by atoms with Crippen molar-refractivity contribution in [2.45, 2.75) is 33.9 Å². The van der Waals surface area contributed by atoms with Crippen molar-refractivity contribution in [3.63, 3.8) is 0 Å². The van der Waals surface area contributed by atoms with Crippen LogP contribution in [0.3, 0.4) is 0 Å². The van der Waals surface area contributed by atoms with E-state index >= 15 is 0 Å². The van der Waals surface area contributed by atoms with Crippen LogP contribution in [0.1, 0.15) is 25.4 Å². The fourth-order valence-electron chi connectivity index (χ4n) is 1.71. The number of aryl methyl sites for hydroxylation is 1. The van der Waals surface area contributed by atoms with Gasteiger partial charge >= 0.3 is 0 Å². The summed E-state index contributed by atoms with van der Waals surface area (Å²) >= 11 is 0. The van der Waals surface area contributed by atoms with Crippen LogP contribution in [-0.2, 0) is 22.9 Å². The molecular weight excluding hydrogens is 250 g/mol. The van der Waals surface area contributed by atoms with Crippen LogP contribution in [0.15, 0.2) is 6.20 Å². The molecule has 0 fully saturated rings. The van der Waals surface area contributed by atoms with Gasteiger partial charge in [-0.1, -0.05) is 13.8 Å². The zero-order valence-corrected chi connectivity index (χ0v) is 12.4. The molecule has 0 radical (unpaired) electrons. The fraction of sp³-hybridized carbons (Fsp3) is 0.750. The molecule has 0 atom stereocenters. The molecule has 104 valence electrons. The van der Waals surface area contributed by atoms with Gasteiger partial charge in [-0.2, -0.15) is 0 Å². The zero-order valence-electron chi connectivity index (χ0n) is 11.6. The van der Waals surface area contributed by atoms with Gasteiger partial charge in [0, 0.05) is 25.5 Å². The average molecular weight is 273 g/mol. The molecule has 1 heterocycles. The number of sulfone groups is 1. The molecule has 0 saturated heterocycles. The molecule has 1 aromatic heterocycles. The summed E-state index contributed by atoms with van der Waals surface area (Å²) in [4.78, 5) is 4.24. The van der Waals surface area contributed by atoms with Gasteiger partial charge in [0.1, 0.15) is 15.7 Å². The van der Waals surface area contributed by atoms with E-state index in [1.54, 1.807) is 0 Å².